The van der Waals surface area contributed by atoms with E-state index in [-0.39, 0.29) is 34.1 Å². The van der Waals surface area contributed by atoms with Crippen molar-refractivity contribution in [3.63, 3.8) is 0 Å². The van der Waals surface area contributed by atoms with Crippen LogP contribution in [0.15, 0.2) is 17.4 Å². The summed E-state index contributed by atoms with van der Waals surface area (Å²) in [6, 6.07) is 0. The molecule has 242 valence electrons. The lowest BCUT2D eigenvalue weighted by molar-refractivity contribution is -0.170. The van der Waals surface area contributed by atoms with Crippen LogP contribution in [0.1, 0.15) is 12.5 Å². The molecular weight excluding hydrogens is 655 g/mol. The molecule has 3 aliphatic rings. The van der Waals surface area contributed by atoms with Crippen molar-refractivity contribution in [2.75, 3.05) is 24.4 Å². The van der Waals surface area contributed by atoms with Crippen LogP contribution in [0, 0.1) is 0 Å². The third-order valence-electron chi connectivity index (χ3n) is 7.04. The first-order chi connectivity index (χ1) is 21.3. The largest absolute Gasteiger partial charge is 0.472 e. The average molecular weight is 677 g/mol. The number of anilines is 2. The van der Waals surface area contributed by atoms with Crippen molar-refractivity contribution in [3.05, 3.63) is 23.0 Å². The zero-order valence-electron chi connectivity index (χ0n) is 22.2. The van der Waals surface area contributed by atoms with Gasteiger partial charge in [-0.2, -0.15) is 9.67 Å². The maximum atomic E-state index is 15.9. The molecule has 0 radical (unpaired) electrons. The lowest BCUT2D eigenvalue weighted by atomic mass is 10.1. The Balaban J connectivity index is 1.21. The van der Waals surface area contributed by atoms with Gasteiger partial charge in [-0.3, -0.25) is 32.5 Å². The molecule has 45 heavy (non-hydrogen) atoms. The summed E-state index contributed by atoms with van der Waals surface area (Å²) < 4.78 is 76.2. The number of fused-ring (bicyclic) bond motifs is 5. The molecule has 10 atom stereocenters. The van der Waals surface area contributed by atoms with E-state index < -0.39 is 83.3 Å². The average Bonchev–Trinajstić information content (AvgIpc) is 3.72. The second-order valence-electron chi connectivity index (χ2n) is 9.97. The number of nitrogen functional groups attached to an aromatic ring is 2. The molecule has 26 heteroatoms. The number of phosphoric ester groups is 1. The van der Waals surface area contributed by atoms with Gasteiger partial charge in [0.1, 0.15) is 36.3 Å². The summed E-state index contributed by atoms with van der Waals surface area (Å²) in [7, 11) is -10.1. The molecular formula is C19H22FN11O12P2. The van der Waals surface area contributed by atoms with Gasteiger partial charge >= 0.3 is 15.4 Å². The second kappa shape index (κ2) is 10.8. The molecule has 0 aliphatic carbocycles. The smallest absolute Gasteiger partial charge is 0.385 e. The van der Waals surface area contributed by atoms with Gasteiger partial charge in [-0.05, 0) is 0 Å². The van der Waals surface area contributed by atoms with E-state index in [1.807, 2.05) is 0 Å². The van der Waals surface area contributed by atoms with Crippen molar-refractivity contribution >= 4 is 49.5 Å². The zero-order chi connectivity index (χ0) is 31.8. The standard InChI is InChI=1S/C19H22FN11O12P2/c20-6-10-5(40-16(6)30-3-25-7-12(21)23-2-24-13(7)30)1-39-45(36,37)43-11-9(32)18(38-4-44(34,35)42-10)41-17(11)31-14-8(28-29-31)15(33)27-19(22)26-14/h2-3,5-6,9-11,16-18,32H,1,4H2,(H,34,35)(H,36,37)(H2,21,23,24)(H3,22,26,27,33)/t5-,6?,9?,10?,11?,16-,17-,18+/m1/s1. The van der Waals surface area contributed by atoms with E-state index in [0.29, 0.717) is 0 Å². The first kappa shape index (κ1) is 30.1. The number of imidazole rings is 1. The topological polar surface area (TPSA) is 322 Å². The van der Waals surface area contributed by atoms with E-state index >= 15 is 4.39 Å². The summed E-state index contributed by atoms with van der Waals surface area (Å²) in [5.41, 5.74) is 10.2. The number of hydrogen-bond acceptors (Lipinski definition) is 18. The van der Waals surface area contributed by atoms with Crippen molar-refractivity contribution in [1.82, 2.24) is 44.5 Å². The van der Waals surface area contributed by atoms with Crippen LogP contribution in [0.2, 0.25) is 0 Å². The molecule has 3 fully saturated rings. The molecule has 3 saturated heterocycles. The van der Waals surface area contributed by atoms with Crippen LogP contribution in [0.5, 0.6) is 0 Å². The van der Waals surface area contributed by atoms with Gasteiger partial charge in [0.2, 0.25) is 5.95 Å². The normalized spacial score (nSPS) is 37.7. The van der Waals surface area contributed by atoms with E-state index in [2.05, 4.69) is 35.2 Å². The molecule has 0 spiro atoms. The van der Waals surface area contributed by atoms with Gasteiger partial charge in [0.05, 0.1) is 12.9 Å². The van der Waals surface area contributed by atoms with Gasteiger partial charge in [0.25, 0.3) is 5.56 Å². The van der Waals surface area contributed by atoms with Crippen molar-refractivity contribution < 1.29 is 56.2 Å². The Morgan fingerprint density at radius 2 is 1.84 bits per heavy atom. The van der Waals surface area contributed by atoms with Crippen LogP contribution in [0.4, 0.5) is 16.2 Å². The van der Waals surface area contributed by atoms with Crippen LogP contribution < -0.4 is 17.0 Å². The number of alkyl halides is 1. The SMILES string of the molecule is Nc1nc2c(nnn2[C@@H]2O[C@@H]3OCP(=O)(O)OC4C(F)[C@H](n5cnc6c(N)ncnc65)O[C@@H]4COP(=O)(O)OC2C3O)c(=O)[nH]1. The van der Waals surface area contributed by atoms with Crippen molar-refractivity contribution in [2.45, 2.75) is 49.3 Å². The molecule has 3 aliphatic heterocycles. The molecule has 23 nitrogen and oxygen atoms in total. The number of H-pyrrole nitrogens is 1. The van der Waals surface area contributed by atoms with Crippen LogP contribution in [-0.4, -0.2) is 109 Å². The quantitative estimate of drug-likeness (QED) is 0.125. The third-order valence-corrected chi connectivity index (χ3v) is 9.07. The minimum absolute atomic E-state index is 0.00745. The maximum Gasteiger partial charge on any atom is 0.472 e. The van der Waals surface area contributed by atoms with Gasteiger partial charge in [-0.25, -0.2) is 23.9 Å². The Bertz CT molecular complexity index is 1940. The van der Waals surface area contributed by atoms with Gasteiger partial charge in [-0.15, -0.1) is 5.10 Å². The lowest BCUT2D eigenvalue weighted by Gasteiger charge is -2.25. The molecule has 0 aromatic carbocycles. The Morgan fingerprint density at radius 1 is 1.04 bits per heavy atom. The van der Waals surface area contributed by atoms with Gasteiger partial charge in [-0.1, -0.05) is 5.21 Å². The van der Waals surface area contributed by atoms with Gasteiger partial charge in [0.15, 0.2) is 53.9 Å². The highest BCUT2D eigenvalue weighted by atomic mass is 31.2. The van der Waals surface area contributed by atoms with Crippen molar-refractivity contribution in [1.29, 1.82) is 0 Å². The van der Waals surface area contributed by atoms with Gasteiger partial charge in [0, 0.05) is 0 Å². The summed E-state index contributed by atoms with van der Waals surface area (Å²) >= 11 is 0. The number of ether oxygens (including phenoxy) is 3. The molecule has 0 saturated carbocycles. The van der Waals surface area contributed by atoms with E-state index in [1.165, 1.54) is 0 Å². The number of aromatic nitrogens is 9. The summed E-state index contributed by atoms with van der Waals surface area (Å²) in [4.78, 5) is 51.5. The van der Waals surface area contributed by atoms with E-state index in [4.69, 9.17) is 39.2 Å². The predicted molar refractivity (Wildman–Crippen MR) is 140 cm³/mol. The Kier molecular flexibility index (Phi) is 7.22. The highest BCUT2D eigenvalue weighted by molar-refractivity contribution is 7.52. The van der Waals surface area contributed by atoms with Crippen molar-refractivity contribution in [3.8, 4) is 0 Å². The Hall–Kier alpha value is -3.54. The highest BCUT2D eigenvalue weighted by Crippen LogP contribution is 2.53. The number of nitrogens with one attached hydrogen (secondary N) is 1. The number of phosphoric acid groups is 1. The summed E-state index contributed by atoms with van der Waals surface area (Å²) in [6.45, 7) is -0.919. The fourth-order valence-corrected chi connectivity index (χ4v) is 7.03. The predicted octanol–water partition coefficient (Wildman–Crippen LogP) is -1.97. The number of rotatable bonds is 2. The number of aliphatic hydroxyl groups excluding tert-OH is 1. The summed E-state index contributed by atoms with van der Waals surface area (Å²) in [6.07, 6.45) is -13.4. The Labute approximate surface area is 247 Å². The first-order valence-electron chi connectivity index (χ1n) is 12.8. The highest BCUT2D eigenvalue weighted by Gasteiger charge is 2.54. The molecule has 0 amide bonds. The number of nitrogens with two attached hydrogens (primary N) is 2. The minimum atomic E-state index is -5.20. The number of hydrogen-bond donors (Lipinski definition) is 6. The number of halogens is 1. The molecule has 4 aromatic heterocycles. The Morgan fingerprint density at radius 3 is 2.64 bits per heavy atom. The fraction of sp³-hybridized carbons (Fsp3) is 0.526. The number of nitrogens with zero attached hydrogens (tertiary/aromatic N) is 8. The molecule has 7 heterocycles. The van der Waals surface area contributed by atoms with Crippen LogP contribution in [0.3, 0.4) is 0 Å². The third kappa shape index (κ3) is 5.28. The lowest BCUT2D eigenvalue weighted by Crippen LogP contribution is -2.35. The first-order valence-corrected chi connectivity index (χ1v) is 16.0. The van der Waals surface area contributed by atoms with E-state index in [9.17, 15) is 28.8 Å². The molecule has 4 aromatic rings. The van der Waals surface area contributed by atoms with Crippen molar-refractivity contribution in [2.24, 2.45) is 0 Å². The summed E-state index contributed by atoms with van der Waals surface area (Å²) in [5.74, 6) is -0.348. The monoisotopic (exact) mass is 677 g/mol. The van der Waals surface area contributed by atoms with Gasteiger partial charge < -0.3 is 40.6 Å². The van der Waals surface area contributed by atoms with E-state index in [0.717, 1.165) is 21.9 Å². The zero-order valence-corrected chi connectivity index (χ0v) is 24.0. The second-order valence-corrected chi connectivity index (χ2v) is 13.1. The summed E-state index contributed by atoms with van der Waals surface area (Å²) in [5, 5.41) is 18.3. The van der Waals surface area contributed by atoms with Crippen LogP contribution in [-0.2, 0) is 36.9 Å². The fourth-order valence-electron chi connectivity index (χ4n) is 5.07. The number of aromatic amines is 1. The van der Waals surface area contributed by atoms with E-state index in [1.54, 1.807) is 0 Å². The molecule has 6 unspecified atom stereocenters. The molecule has 2 bridgehead atoms. The maximum absolute atomic E-state index is 15.9. The minimum Gasteiger partial charge on any atom is -0.385 e. The van der Waals surface area contributed by atoms with Crippen LogP contribution in [0.25, 0.3) is 22.3 Å². The molecule has 7 rings (SSSR count). The number of aliphatic hydroxyl groups is 1. The molecule has 8 N–H and O–H groups in total. The van der Waals surface area contributed by atoms with Crippen LogP contribution >= 0.6 is 15.4 Å².